The number of nitrogen functional groups attached to an aromatic ring is 1. The molecule has 39 heavy (non-hydrogen) atoms. The van der Waals surface area contributed by atoms with Gasteiger partial charge in [0.25, 0.3) is 11.8 Å². The zero-order valence-corrected chi connectivity index (χ0v) is 22.6. The van der Waals surface area contributed by atoms with Crippen LogP contribution in [0.3, 0.4) is 0 Å². The first-order valence-corrected chi connectivity index (χ1v) is 12.9. The first-order valence-electron chi connectivity index (χ1n) is 11.6. The molecule has 12 nitrogen and oxygen atoms in total. The van der Waals surface area contributed by atoms with Crippen molar-refractivity contribution in [1.82, 2.24) is 25.8 Å². The second-order valence-electron chi connectivity index (χ2n) is 9.20. The van der Waals surface area contributed by atoms with Gasteiger partial charge in [-0.2, -0.15) is 0 Å². The summed E-state index contributed by atoms with van der Waals surface area (Å²) in [6.45, 7) is 5.16. The molecule has 5 rings (SSSR count). The summed E-state index contributed by atoms with van der Waals surface area (Å²) in [5, 5.41) is 16.2. The van der Waals surface area contributed by atoms with Crippen molar-refractivity contribution in [1.29, 1.82) is 0 Å². The second-order valence-corrected chi connectivity index (χ2v) is 11.4. The minimum atomic E-state index is -1.06. The van der Waals surface area contributed by atoms with Crippen LogP contribution in [-0.4, -0.2) is 66.0 Å². The number of halogens is 1. The van der Waals surface area contributed by atoms with Crippen LogP contribution in [0.1, 0.15) is 40.3 Å². The number of hydrazine groups is 1. The number of β-lactam (4-membered cyclic amide) rings is 1. The predicted molar refractivity (Wildman–Crippen MR) is 143 cm³/mol. The summed E-state index contributed by atoms with van der Waals surface area (Å²) in [4.78, 5) is 53.1. The number of nitrogens with two attached hydrogens (primary N) is 1. The van der Waals surface area contributed by atoms with Crippen molar-refractivity contribution in [2.75, 3.05) is 0 Å². The first kappa shape index (κ1) is 28.1. The van der Waals surface area contributed by atoms with E-state index in [0.717, 1.165) is 0 Å². The monoisotopic (exact) mass is 572 g/mol. The standard InChI is InChI=1S/C19H18ClN3O5S.C6H7N3O/c1-8-11(12(22-28-8)9-6-4-5-7-10(9)20)15(24)21-13-16(25)23-14(18(26)27)19(2,3)29-17(13)23;7-9-6(10)5-1-3-8-4-2-5/h4-7,13-14,17H,1-3H3,(H,21,24)(H,26,27);1-4H,7H2,(H,9,10)/t13-,14+,17-;/m1./s1. The van der Waals surface area contributed by atoms with E-state index >= 15 is 0 Å². The molecule has 5 N–H and O–H groups in total. The van der Waals surface area contributed by atoms with Gasteiger partial charge in [-0.3, -0.25) is 24.8 Å². The Hall–Kier alpha value is -3.94. The van der Waals surface area contributed by atoms with Crippen molar-refractivity contribution in [3.8, 4) is 11.3 Å². The highest BCUT2D eigenvalue weighted by molar-refractivity contribution is 8.01. The van der Waals surface area contributed by atoms with E-state index in [1.807, 2.05) is 5.43 Å². The van der Waals surface area contributed by atoms with Gasteiger partial charge in [-0.1, -0.05) is 35.0 Å². The van der Waals surface area contributed by atoms with Crippen LogP contribution in [0.15, 0.2) is 53.3 Å². The van der Waals surface area contributed by atoms with Crippen LogP contribution in [0, 0.1) is 6.92 Å². The van der Waals surface area contributed by atoms with Gasteiger partial charge in [-0.25, -0.2) is 10.6 Å². The molecule has 3 atom stereocenters. The molecule has 2 aromatic heterocycles. The van der Waals surface area contributed by atoms with Gasteiger partial charge in [0.2, 0.25) is 5.91 Å². The van der Waals surface area contributed by atoms with E-state index < -0.39 is 40.0 Å². The average molecular weight is 573 g/mol. The molecule has 1 aromatic carbocycles. The van der Waals surface area contributed by atoms with Crippen LogP contribution in [0.5, 0.6) is 0 Å². The number of fused-ring (bicyclic) bond motifs is 1. The molecule has 2 aliphatic rings. The van der Waals surface area contributed by atoms with Crippen LogP contribution in [0.4, 0.5) is 0 Å². The molecule has 4 heterocycles. The molecule has 2 aliphatic heterocycles. The summed E-state index contributed by atoms with van der Waals surface area (Å²) in [7, 11) is 0. The maximum atomic E-state index is 13.0. The van der Waals surface area contributed by atoms with Gasteiger partial charge in [0, 0.05) is 28.3 Å². The van der Waals surface area contributed by atoms with Gasteiger partial charge in [-0.05, 0) is 39.0 Å². The lowest BCUT2D eigenvalue weighted by molar-refractivity contribution is -0.159. The number of hydrogen-bond donors (Lipinski definition) is 4. The van der Waals surface area contributed by atoms with Crippen molar-refractivity contribution in [2.24, 2.45) is 5.84 Å². The molecule has 204 valence electrons. The van der Waals surface area contributed by atoms with Gasteiger partial charge in [-0.15, -0.1) is 11.8 Å². The average Bonchev–Trinajstić information content (AvgIpc) is 3.42. The molecular formula is C25H25ClN6O6S. The van der Waals surface area contributed by atoms with Gasteiger partial charge in [0.1, 0.15) is 34.5 Å². The number of aromatic nitrogens is 2. The van der Waals surface area contributed by atoms with Crippen molar-refractivity contribution in [3.63, 3.8) is 0 Å². The van der Waals surface area contributed by atoms with Gasteiger partial charge in [0.15, 0.2) is 0 Å². The van der Waals surface area contributed by atoms with E-state index in [-0.39, 0.29) is 17.2 Å². The molecule has 0 bridgehead atoms. The highest BCUT2D eigenvalue weighted by Gasteiger charge is 2.64. The van der Waals surface area contributed by atoms with Gasteiger partial charge < -0.3 is 19.8 Å². The largest absolute Gasteiger partial charge is 0.480 e. The zero-order valence-electron chi connectivity index (χ0n) is 21.0. The number of carbonyl (C=O) groups excluding carboxylic acids is 3. The minimum Gasteiger partial charge on any atom is -0.480 e. The van der Waals surface area contributed by atoms with Crippen LogP contribution < -0.4 is 16.6 Å². The Morgan fingerprint density at radius 1 is 1.15 bits per heavy atom. The normalized spacial score (nSPS) is 20.7. The molecular weight excluding hydrogens is 548 g/mol. The number of thioether (sulfide) groups is 1. The molecule has 3 amide bonds. The second kappa shape index (κ2) is 11.0. The van der Waals surface area contributed by atoms with Gasteiger partial charge >= 0.3 is 5.97 Å². The SMILES string of the molecule is Cc1onc(-c2ccccc2Cl)c1C(=O)N[C@@H]1C(=O)N2[C@@H]1SC(C)(C)[C@@H]2C(=O)O.NNC(=O)c1ccncc1. The summed E-state index contributed by atoms with van der Waals surface area (Å²) in [6, 6.07) is 8.35. The zero-order chi connectivity index (χ0) is 28.5. The number of carboxylic acids is 1. The smallest absolute Gasteiger partial charge is 0.327 e. The number of carbonyl (C=O) groups is 4. The van der Waals surface area contributed by atoms with Crippen LogP contribution in [0.25, 0.3) is 11.3 Å². The number of hydrogen-bond acceptors (Lipinski definition) is 9. The third-order valence-electron chi connectivity index (χ3n) is 6.25. The summed E-state index contributed by atoms with van der Waals surface area (Å²) in [6.07, 6.45) is 3.06. The van der Waals surface area contributed by atoms with Crippen molar-refractivity contribution < 1.29 is 28.8 Å². The molecule has 14 heteroatoms. The number of aliphatic carboxylic acids is 1. The lowest BCUT2D eigenvalue weighted by atomic mass is 9.95. The molecule has 0 unspecified atom stereocenters. The Labute approximate surface area is 232 Å². The number of nitrogens with one attached hydrogen (secondary N) is 2. The van der Waals surface area contributed by atoms with Crippen molar-refractivity contribution in [3.05, 3.63) is 70.7 Å². The van der Waals surface area contributed by atoms with Crippen molar-refractivity contribution in [2.45, 2.75) is 43.0 Å². The number of pyridine rings is 1. The number of amides is 3. The fourth-order valence-corrected chi connectivity index (χ4v) is 6.27. The van der Waals surface area contributed by atoms with Crippen LogP contribution in [0.2, 0.25) is 5.02 Å². The fourth-order valence-electron chi connectivity index (χ4n) is 4.42. The number of nitrogens with zero attached hydrogens (tertiary/aromatic N) is 3. The fraction of sp³-hybridized carbons (Fsp3) is 0.280. The molecule has 2 saturated heterocycles. The highest BCUT2D eigenvalue weighted by Crippen LogP contribution is 2.50. The summed E-state index contributed by atoms with van der Waals surface area (Å²) in [5.41, 5.74) is 3.55. The number of carboxylic acid groups (broad SMARTS) is 1. The molecule has 0 radical (unpaired) electrons. The molecule has 2 fully saturated rings. The van der Waals surface area contributed by atoms with E-state index in [2.05, 4.69) is 15.5 Å². The van der Waals surface area contributed by atoms with Crippen molar-refractivity contribution >= 4 is 47.1 Å². The Balaban J connectivity index is 0.000000298. The summed E-state index contributed by atoms with van der Waals surface area (Å²) in [5.74, 6) is 2.89. The summed E-state index contributed by atoms with van der Waals surface area (Å²) < 4.78 is 4.54. The predicted octanol–water partition coefficient (Wildman–Crippen LogP) is 2.23. The number of aryl methyl sites for hydroxylation is 1. The quantitative estimate of drug-likeness (QED) is 0.153. The third kappa shape index (κ3) is 5.33. The van der Waals surface area contributed by atoms with Crippen LogP contribution >= 0.6 is 23.4 Å². The van der Waals surface area contributed by atoms with Crippen LogP contribution in [-0.2, 0) is 9.59 Å². The molecule has 0 aliphatic carbocycles. The van der Waals surface area contributed by atoms with E-state index in [4.69, 9.17) is 22.0 Å². The number of rotatable bonds is 5. The van der Waals surface area contributed by atoms with Gasteiger partial charge in [0.05, 0.1) is 5.02 Å². The third-order valence-corrected chi connectivity index (χ3v) is 8.16. The maximum absolute atomic E-state index is 13.0. The molecule has 0 spiro atoms. The lowest BCUT2D eigenvalue weighted by Gasteiger charge is -2.43. The van der Waals surface area contributed by atoms with E-state index in [1.165, 1.54) is 29.1 Å². The van der Waals surface area contributed by atoms with E-state index in [1.54, 1.807) is 57.2 Å². The van der Waals surface area contributed by atoms with E-state index in [0.29, 0.717) is 21.9 Å². The Bertz CT molecular complexity index is 1430. The molecule has 0 saturated carbocycles. The molecule has 3 aromatic rings. The lowest BCUT2D eigenvalue weighted by Crippen LogP contribution is -2.70. The first-order chi connectivity index (χ1) is 18.5. The highest BCUT2D eigenvalue weighted by atomic mass is 35.5. The minimum absolute atomic E-state index is 0.196. The topological polar surface area (TPSA) is 181 Å². The Kier molecular flexibility index (Phi) is 7.95. The maximum Gasteiger partial charge on any atom is 0.327 e. The number of benzene rings is 1. The Morgan fingerprint density at radius 3 is 2.44 bits per heavy atom. The summed E-state index contributed by atoms with van der Waals surface area (Å²) >= 11 is 7.59. The Morgan fingerprint density at radius 2 is 1.82 bits per heavy atom. The van der Waals surface area contributed by atoms with E-state index in [9.17, 15) is 24.3 Å².